The number of esters is 1. The predicted molar refractivity (Wildman–Crippen MR) is 56.5 cm³/mol. The normalized spacial score (nSPS) is 9.62. The van der Waals surface area contributed by atoms with Crippen LogP contribution in [-0.4, -0.2) is 12.6 Å². The first-order chi connectivity index (χ1) is 7.58. The summed E-state index contributed by atoms with van der Waals surface area (Å²) >= 11 is 5.68. The average molecular weight is 242 g/mol. The zero-order valence-electron chi connectivity index (χ0n) is 8.59. The summed E-state index contributed by atoms with van der Waals surface area (Å²) in [6.07, 6.45) is -0.0593. The molecule has 0 aliphatic carbocycles. The van der Waals surface area contributed by atoms with E-state index in [1.807, 2.05) is 0 Å². The molecule has 0 aliphatic rings. The lowest BCUT2D eigenvalue weighted by Crippen LogP contribution is -2.08. The van der Waals surface area contributed by atoms with Crippen molar-refractivity contribution in [2.45, 2.75) is 13.3 Å². The SMILES string of the molecule is CCOC(=O)Cc1cc(F)c(C#N)c(Cl)c1. The molecule has 0 aliphatic heterocycles. The summed E-state index contributed by atoms with van der Waals surface area (Å²) in [5.74, 6) is -1.18. The van der Waals surface area contributed by atoms with Gasteiger partial charge in [0.25, 0.3) is 0 Å². The van der Waals surface area contributed by atoms with Crippen molar-refractivity contribution in [1.82, 2.24) is 0 Å². The lowest BCUT2D eigenvalue weighted by Gasteiger charge is -2.04. The maximum Gasteiger partial charge on any atom is 0.310 e. The van der Waals surface area contributed by atoms with Crippen LogP contribution in [0.25, 0.3) is 0 Å². The molecule has 0 fully saturated rings. The molecular formula is C11H9ClFNO2. The second kappa shape index (κ2) is 5.47. The molecular weight excluding hydrogens is 233 g/mol. The predicted octanol–water partition coefficient (Wildman–Crippen LogP) is 2.46. The molecule has 5 heteroatoms. The van der Waals surface area contributed by atoms with Gasteiger partial charge in [-0.25, -0.2) is 4.39 Å². The number of carbonyl (C=O) groups is 1. The van der Waals surface area contributed by atoms with Gasteiger partial charge < -0.3 is 4.74 Å². The third-order valence-electron chi connectivity index (χ3n) is 1.87. The topological polar surface area (TPSA) is 50.1 Å². The highest BCUT2D eigenvalue weighted by Crippen LogP contribution is 2.21. The van der Waals surface area contributed by atoms with E-state index in [0.717, 1.165) is 6.07 Å². The van der Waals surface area contributed by atoms with Crippen molar-refractivity contribution < 1.29 is 13.9 Å². The van der Waals surface area contributed by atoms with Gasteiger partial charge in [0.15, 0.2) is 0 Å². The lowest BCUT2D eigenvalue weighted by molar-refractivity contribution is -0.142. The summed E-state index contributed by atoms with van der Waals surface area (Å²) in [6.45, 7) is 1.95. The van der Waals surface area contributed by atoms with Crippen LogP contribution in [-0.2, 0) is 16.0 Å². The Morgan fingerprint density at radius 3 is 2.81 bits per heavy atom. The van der Waals surface area contributed by atoms with Gasteiger partial charge in [0.2, 0.25) is 0 Å². The molecule has 0 saturated heterocycles. The van der Waals surface area contributed by atoms with E-state index in [9.17, 15) is 9.18 Å². The van der Waals surface area contributed by atoms with Crippen LogP contribution >= 0.6 is 11.6 Å². The molecule has 0 N–H and O–H groups in total. The van der Waals surface area contributed by atoms with Gasteiger partial charge in [-0.1, -0.05) is 11.6 Å². The summed E-state index contributed by atoms with van der Waals surface area (Å²) < 4.78 is 18.0. The van der Waals surface area contributed by atoms with E-state index in [0.29, 0.717) is 5.56 Å². The number of hydrogen-bond donors (Lipinski definition) is 0. The van der Waals surface area contributed by atoms with Gasteiger partial charge in [-0.15, -0.1) is 0 Å². The number of ether oxygens (including phenoxy) is 1. The lowest BCUT2D eigenvalue weighted by atomic mass is 10.1. The first kappa shape index (κ1) is 12.5. The summed E-state index contributed by atoms with van der Waals surface area (Å²) in [4.78, 5) is 11.1. The molecule has 0 bridgehead atoms. The Bertz CT molecular complexity index is 431. The number of hydrogen-bond acceptors (Lipinski definition) is 3. The second-order valence-electron chi connectivity index (χ2n) is 3.03. The van der Waals surface area contributed by atoms with Crippen molar-refractivity contribution in [2.24, 2.45) is 0 Å². The van der Waals surface area contributed by atoms with E-state index in [4.69, 9.17) is 21.6 Å². The van der Waals surface area contributed by atoms with Gasteiger partial charge in [-0.2, -0.15) is 5.26 Å². The van der Waals surface area contributed by atoms with E-state index in [1.54, 1.807) is 13.0 Å². The molecule has 1 rings (SSSR count). The maximum absolute atomic E-state index is 13.3. The molecule has 1 aromatic carbocycles. The van der Waals surface area contributed by atoms with Gasteiger partial charge >= 0.3 is 5.97 Å². The van der Waals surface area contributed by atoms with E-state index >= 15 is 0 Å². The number of carbonyl (C=O) groups excluding carboxylic acids is 1. The summed E-state index contributed by atoms with van der Waals surface area (Å²) in [5, 5.41) is 8.59. The van der Waals surface area contributed by atoms with Crippen molar-refractivity contribution in [1.29, 1.82) is 5.26 Å². The van der Waals surface area contributed by atoms with Crippen molar-refractivity contribution in [3.63, 3.8) is 0 Å². The smallest absolute Gasteiger partial charge is 0.310 e. The van der Waals surface area contributed by atoms with E-state index in [1.165, 1.54) is 6.07 Å². The average Bonchev–Trinajstić information content (AvgIpc) is 2.17. The van der Waals surface area contributed by atoms with Crippen LogP contribution in [0.4, 0.5) is 4.39 Å². The van der Waals surface area contributed by atoms with Crippen LogP contribution in [0.15, 0.2) is 12.1 Å². The Hall–Kier alpha value is -1.60. The molecule has 0 radical (unpaired) electrons. The zero-order chi connectivity index (χ0) is 12.1. The quantitative estimate of drug-likeness (QED) is 0.764. The Kier molecular flexibility index (Phi) is 4.27. The molecule has 0 atom stereocenters. The third kappa shape index (κ3) is 2.94. The van der Waals surface area contributed by atoms with Gasteiger partial charge in [0, 0.05) is 0 Å². The van der Waals surface area contributed by atoms with Gasteiger partial charge in [-0.3, -0.25) is 4.79 Å². The molecule has 16 heavy (non-hydrogen) atoms. The number of halogens is 2. The first-order valence-electron chi connectivity index (χ1n) is 4.62. The number of nitriles is 1. The fraction of sp³-hybridized carbons (Fsp3) is 0.273. The second-order valence-corrected chi connectivity index (χ2v) is 3.44. The van der Waals surface area contributed by atoms with Crippen LogP contribution in [0.2, 0.25) is 5.02 Å². The van der Waals surface area contributed by atoms with Crippen molar-refractivity contribution in [3.8, 4) is 6.07 Å². The summed E-state index contributed by atoms with van der Waals surface area (Å²) in [7, 11) is 0. The standard InChI is InChI=1S/C11H9ClFNO2/c1-2-16-11(15)5-7-3-9(12)8(6-14)10(13)4-7/h3-4H,2,5H2,1H3. The first-order valence-corrected chi connectivity index (χ1v) is 5.00. The molecule has 3 nitrogen and oxygen atoms in total. The van der Waals surface area contributed by atoms with Crippen LogP contribution in [0.3, 0.4) is 0 Å². The van der Waals surface area contributed by atoms with Crippen LogP contribution in [0.1, 0.15) is 18.1 Å². The Morgan fingerprint density at radius 2 is 2.31 bits per heavy atom. The molecule has 84 valence electrons. The van der Waals surface area contributed by atoms with Gasteiger partial charge in [-0.05, 0) is 24.6 Å². The van der Waals surface area contributed by atoms with Crippen molar-refractivity contribution in [2.75, 3.05) is 6.61 Å². The molecule has 0 amide bonds. The van der Waals surface area contributed by atoms with Crippen molar-refractivity contribution >= 4 is 17.6 Å². The highest BCUT2D eigenvalue weighted by Gasteiger charge is 2.11. The van der Waals surface area contributed by atoms with Gasteiger partial charge in [0.1, 0.15) is 17.4 Å². The molecule has 0 heterocycles. The van der Waals surface area contributed by atoms with Crippen molar-refractivity contribution in [3.05, 3.63) is 34.1 Å². The van der Waals surface area contributed by atoms with E-state index in [-0.39, 0.29) is 23.6 Å². The van der Waals surface area contributed by atoms with Crippen LogP contribution < -0.4 is 0 Å². The highest BCUT2D eigenvalue weighted by molar-refractivity contribution is 6.31. The minimum absolute atomic E-state index is 0.00167. The molecule has 1 aromatic rings. The zero-order valence-corrected chi connectivity index (χ0v) is 9.34. The monoisotopic (exact) mass is 241 g/mol. The van der Waals surface area contributed by atoms with Gasteiger partial charge in [0.05, 0.1) is 18.1 Å². The Balaban J connectivity index is 2.93. The summed E-state index contributed by atoms with van der Waals surface area (Å²) in [5.41, 5.74) is 0.175. The number of nitrogens with zero attached hydrogens (tertiary/aromatic N) is 1. The fourth-order valence-electron chi connectivity index (χ4n) is 1.21. The maximum atomic E-state index is 13.3. The van der Waals surface area contributed by atoms with E-state index in [2.05, 4.69) is 0 Å². The Morgan fingerprint density at radius 1 is 1.62 bits per heavy atom. The van der Waals surface area contributed by atoms with Crippen LogP contribution in [0.5, 0.6) is 0 Å². The largest absolute Gasteiger partial charge is 0.466 e. The Labute approximate surface area is 97.4 Å². The van der Waals surface area contributed by atoms with E-state index < -0.39 is 11.8 Å². The number of benzene rings is 1. The minimum Gasteiger partial charge on any atom is -0.466 e. The third-order valence-corrected chi connectivity index (χ3v) is 2.17. The highest BCUT2D eigenvalue weighted by atomic mass is 35.5. The molecule has 0 aromatic heterocycles. The molecule has 0 unspecified atom stereocenters. The fourth-order valence-corrected chi connectivity index (χ4v) is 1.49. The summed E-state index contributed by atoms with van der Waals surface area (Å²) in [6, 6.07) is 4.15. The minimum atomic E-state index is -0.728. The number of rotatable bonds is 3. The van der Waals surface area contributed by atoms with Crippen LogP contribution in [0, 0.1) is 17.1 Å². The molecule has 0 saturated carbocycles. The molecule has 0 spiro atoms.